The van der Waals surface area contributed by atoms with Gasteiger partial charge in [-0.3, -0.25) is 9.36 Å². The zero-order valence-electron chi connectivity index (χ0n) is 6.26. The molecule has 0 fully saturated rings. The van der Waals surface area contributed by atoms with E-state index in [0.29, 0.717) is 11.7 Å². The summed E-state index contributed by atoms with van der Waals surface area (Å²) in [7, 11) is 0. The van der Waals surface area contributed by atoms with Crippen molar-refractivity contribution in [2.45, 2.75) is 6.54 Å². The third kappa shape index (κ3) is 2.22. The number of aromatic nitrogens is 1. The minimum absolute atomic E-state index is 0.122. The van der Waals surface area contributed by atoms with Gasteiger partial charge in [0.2, 0.25) is 0 Å². The third-order valence-corrected chi connectivity index (χ3v) is 1.91. The predicted octanol–water partition coefficient (Wildman–Crippen LogP) is 2.41. The Morgan fingerprint density at radius 1 is 1.67 bits per heavy atom. The Balaban J connectivity index is 3.13. The van der Waals surface area contributed by atoms with Crippen molar-refractivity contribution in [2.75, 3.05) is 0 Å². The van der Waals surface area contributed by atoms with Gasteiger partial charge in [-0.2, -0.15) is 0 Å². The SMILES string of the molecule is C=C(Br)Cn1c(Cl)cccc1=O. The fraction of sp³-hybridized carbons (Fsp3) is 0.125. The van der Waals surface area contributed by atoms with Gasteiger partial charge in [-0.1, -0.05) is 40.2 Å². The average molecular weight is 249 g/mol. The standard InChI is InChI=1S/C8H7BrClNO/c1-6(9)5-11-7(10)3-2-4-8(11)12/h2-4H,1,5H2. The maximum absolute atomic E-state index is 11.2. The number of allylic oxidation sites excluding steroid dienone is 1. The molecule has 0 spiro atoms. The first-order chi connectivity index (χ1) is 5.61. The Bertz CT molecular complexity index is 358. The molecule has 2 nitrogen and oxygen atoms in total. The zero-order chi connectivity index (χ0) is 9.14. The molecule has 0 aliphatic rings. The summed E-state index contributed by atoms with van der Waals surface area (Å²) in [5, 5.41) is 0.420. The molecule has 0 saturated heterocycles. The van der Waals surface area contributed by atoms with Gasteiger partial charge in [0.15, 0.2) is 0 Å². The highest BCUT2D eigenvalue weighted by atomic mass is 79.9. The number of rotatable bonds is 2. The van der Waals surface area contributed by atoms with Gasteiger partial charge in [0.1, 0.15) is 5.15 Å². The highest BCUT2D eigenvalue weighted by molar-refractivity contribution is 9.11. The van der Waals surface area contributed by atoms with Crippen LogP contribution in [-0.2, 0) is 6.54 Å². The molecule has 0 saturated carbocycles. The van der Waals surface area contributed by atoms with E-state index < -0.39 is 0 Å². The molecule has 4 heteroatoms. The van der Waals surface area contributed by atoms with Crippen molar-refractivity contribution in [2.24, 2.45) is 0 Å². The van der Waals surface area contributed by atoms with Crippen LogP contribution in [-0.4, -0.2) is 4.57 Å². The van der Waals surface area contributed by atoms with Gasteiger partial charge in [-0.25, -0.2) is 0 Å². The Morgan fingerprint density at radius 2 is 2.33 bits per heavy atom. The van der Waals surface area contributed by atoms with Gasteiger partial charge in [0.25, 0.3) is 5.56 Å². The highest BCUT2D eigenvalue weighted by Crippen LogP contribution is 2.09. The first kappa shape index (κ1) is 9.55. The Morgan fingerprint density at radius 3 is 2.83 bits per heavy atom. The second-order valence-electron chi connectivity index (χ2n) is 2.29. The van der Waals surface area contributed by atoms with Crippen LogP contribution in [0.25, 0.3) is 0 Å². The van der Waals surface area contributed by atoms with Gasteiger partial charge in [0.05, 0.1) is 6.54 Å². The Kier molecular flexibility index (Phi) is 3.12. The summed E-state index contributed by atoms with van der Waals surface area (Å²) in [5.41, 5.74) is -0.122. The summed E-state index contributed by atoms with van der Waals surface area (Å²) >= 11 is 8.94. The van der Waals surface area contributed by atoms with Crippen molar-refractivity contribution < 1.29 is 0 Å². The summed E-state index contributed by atoms with van der Waals surface area (Å²) in [4.78, 5) is 11.2. The van der Waals surface area contributed by atoms with Crippen molar-refractivity contribution in [1.82, 2.24) is 4.57 Å². The van der Waals surface area contributed by atoms with Crippen LogP contribution in [0.4, 0.5) is 0 Å². The summed E-state index contributed by atoms with van der Waals surface area (Å²) in [6.07, 6.45) is 0. The molecule has 0 aromatic carbocycles. The second-order valence-corrected chi connectivity index (χ2v) is 3.80. The topological polar surface area (TPSA) is 22.0 Å². The van der Waals surface area contributed by atoms with Gasteiger partial charge < -0.3 is 0 Å². The van der Waals surface area contributed by atoms with Crippen LogP contribution in [0.15, 0.2) is 34.1 Å². The summed E-state index contributed by atoms with van der Waals surface area (Å²) < 4.78 is 2.15. The van der Waals surface area contributed by atoms with E-state index in [-0.39, 0.29) is 5.56 Å². The normalized spacial score (nSPS) is 9.83. The lowest BCUT2D eigenvalue weighted by Gasteiger charge is -2.05. The van der Waals surface area contributed by atoms with E-state index in [9.17, 15) is 4.79 Å². The van der Waals surface area contributed by atoms with Crippen molar-refractivity contribution in [1.29, 1.82) is 0 Å². The smallest absolute Gasteiger partial charge is 0.251 e. The first-order valence-corrected chi connectivity index (χ1v) is 4.47. The first-order valence-electron chi connectivity index (χ1n) is 3.30. The van der Waals surface area contributed by atoms with E-state index in [0.717, 1.165) is 4.48 Å². The molecule has 12 heavy (non-hydrogen) atoms. The van der Waals surface area contributed by atoms with E-state index in [1.807, 2.05) is 0 Å². The van der Waals surface area contributed by atoms with Crippen LogP contribution in [0.3, 0.4) is 0 Å². The fourth-order valence-corrected chi connectivity index (χ4v) is 1.29. The molecule has 0 unspecified atom stereocenters. The van der Waals surface area contributed by atoms with Crippen LogP contribution in [0, 0.1) is 0 Å². The van der Waals surface area contributed by atoms with Crippen LogP contribution >= 0.6 is 27.5 Å². The number of pyridine rings is 1. The second kappa shape index (κ2) is 3.92. The van der Waals surface area contributed by atoms with Crippen LogP contribution < -0.4 is 5.56 Å². The maximum atomic E-state index is 11.2. The lowest BCUT2D eigenvalue weighted by molar-refractivity contribution is 0.776. The molecule has 64 valence electrons. The number of halogens is 2. The van der Waals surface area contributed by atoms with E-state index in [4.69, 9.17) is 11.6 Å². The van der Waals surface area contributed by atoms with Crippen molar-refractivity contribution in [3.8, 4) is 0 Å². The van der Waals surface area contributed by atoms with Gasteiger partial charge in [-0.15, -0.1) is 0 Å². The molecule has 1 heterocycles. The van der Waals surface area contributed by atoms with Gasteiger partial charge in [-0.05, 0) is 6.07 Å². The third-order valence-electron chi connectivity index (χ3n) is 1.33. The van der Waals surface area contributed by atoms with Crippen LogP contribution in [0.2, 0.25) is 5.15 Å². The predicted molar refractivity (Wildman–Crippen MR) is 53.8 cm³/mol. The Hall–Kier alpha value is -0.540. The Labute approximate surface area is 83.6 Å². The molecule has 0 aliphatic heterocycles. The minimum Gasteiger partial charge on any atom is -0.294 e. The fourth-order valence-electron chi connectivity index (χ4n) is 0.820. The molecule has 0 aliphatic carbocycles. The molecular formula is C8H7BrClNO. The van der Waals surface area contributed by atoms with Crippen LogP contribution in [0.5, 0.6) is 0 Å². The molecule has 0 bridgehead atoms. The minimum atomic E-state index is -0.122. The summed E-state index contributed by atoms with van der Waals surface area (Å²) in [5.74, 6) is 0. The number of nitrogens with zero attached hydrogens (tertiary/aromatic N) is 1. The molecule has 0 amide bonds. The molecule has 0 atom stereocenters. The molecule has 0 N–H and O–H groups in total. The number of hydrogen-bond donors (Lipinski definition) is 0. The summed E-state index contributed by atoms with van der Waals surface area (Å²) in [6, 6.07) is 4.75. The van der Waals surface area contributed by atoms with Gasteiger partial charge in [0, 0.05) is 10.5 Å². The zero-order valence-corrected chi connectivity index (χ0v) is 8.60. The van der Waals surface area contributed by atoms with E-state index >= 15 is 0 Å². The lowest BCUT2D eigenvalue weighted by Crippen LogP contribution is -2.19. The molecule has 1 aromatic heterocycles. The van der Waals surface area contributed by atoms with Crippen molar-refractivity contribution >= 4 is 27.5 Å². The van der Waals surface area contributed by atoms with E-state index in [1.54, 1.807) is 12.1 Å². The molecule has 1 aromatic rings. The molecular weight excluding hydrogens is 241 g/mol. The van der Waals surface area contributed by atoms with E-state index in [2.05, 4.69) is 22.5 Å². The molecule has 0 radical (unpaired) electrons. The monoisotopic (exact) mass is 247 g/mol. The van der Waals surface area contributed by atoms with E-state index in [1.165, 1.54) is 10.6 Å². The number of hydrogen-bond acceptors (Lipinski definition) is 1. The lowest BCUT2D eigenvalue weighted by atomic mass is 10.4. The quantitative estimate of drug-likeness (QED) is 0.737. The largest absolute Gasteiger partial charge is 0.294 e. The van der Waals surface area contributed by atoms with Crippen LogP contribution in [0.1, 0.15) is 0 Å². The van der Waals surface area contributed by atoms with Crippen molar-refractivity contribution in [3.05, 3.63) is 44.8 Å². The van der Waals surface area contributed by atoms with Crippen molar-refractivity contribution in [3.63, 3.8) is 0 Å². The molecule has 1 rings (SSSR count). The average Bonchev–Trinajstić information content (AvgIpc) is 1.97. The highest BCUT2D eigenvalue weighted by Gasteiger charge is 2.00. The summed E-state index contributed by atoms with van der Waals surface area (Å²) in [6.45, 7) is 4.03. The van der Waals surface area contributed by atoms with Gasteiger partial charge >= 0.3 is 0 Å². The maximum Gasteiger partial charge on any atom is 0.251 e.